The minimum atomic E-state index is -4.43. The van der Waals surface area contributed by atoms with E-state index in [1.807, 2.05) is 17.3 Å². The Morgan fingerprint density at radius 2 is 1.92 bits per heavy atom. The summed E-state index contributed by atoms with van der Waals surface area (Å²) in [6.45, 7) is 2.77. The third kappa shape index (κ3) is 4.83. The number of aromatic nitrogens is 3. The second-order valence-corrected chi connectivity index (χ2v) is 12.1. The maximum absolute atomic E-state index is 14.1. The van der Waals surface area contributed by atoms with Gasteiger partial charge in [-0.05, 0) is 85.8 Å². The molecule has 2 aromatic carbocycles. The SMILES string of the molecule is Cc1cnc(C(=O)[C@]23Cc4cnn(-c5ccc(F)cc5)c4C=C2CCN(Sc2cccc(C(F)(F)F)c2)C3)s1. The lowest BCUT2D eigenvalue weighted by atomic mass is 9.66. The van der Waals surface area contributed by atoms with Gasteiger partial charge in [0.2, 0.25) is 5.78 Å². The van der Waals surface area contributed by atoms with Crippen LogP contribution in [-0.4, -0.2) is 37.9 Å². The molecule has 0 saturated carbocycles. The number of halogens is 4. The number of hydrogen-bond donors (Lipinski definition) is 0. The monoisotopic (exact) mass is 570 g/mol. The van der Waals surface area contributed by atoms with Crippen LogP contribution in [0.5, 0.6) is 0 Å². The average molecular weight is 571 g/mol. The molecule has 0 unspecified atom stereocenters. The van der Waals surface area contributed by atoms with Crippen LogP contribution in [0.4, 0.5) is 17.6 Å². The first kappa shape index (κ1) is 26.0. The molecule has 1 atom stereocenters. The summed E-state index contributed by atoms with van der Waals surface area (Å²) in [7, 11) is 0. The standard InChI is InChI=1S/C28H22F4N4OS2/c1-17-14-33-26(38-17)25(37)27-13-18-15-34-36(22-7-5-21(29)6-8-22)24(18)12-19(27)9-10-35(16-27)39-23-4-2-3-20(11-23)28(30,31)32/h2-8,11-12,14-15H,9-10,13,16H2,1H3/t27-/m0/s1. The molecule has 39 heavy (non-hydrogen) atoms. The van der Waals surface area contributed by atoms with Crippen molar-refractivity contribution in [1.82, 2.24) is 19.1 Å². The zero-order valence-corrected chi connectivity index (χ0v) is 22.3. The highest BCUT2D eigenvalue weighted by molar-refractivity contribution is 7.97. The molecule has 11 heteroatoms. The van der Waals surface area contributed by atoms with Gasteiger partial charge in [-0.2, -0.15) is 18.3 Å². The second kappa shape index (κ2) is 9.72. The van der Waals surface area contributed by atoms with Gasteiger partial charge in [0.1, 0.15) is 5.82 Å². The van der Waals surface area contributed by atoms with Crippen molar-refractivity contribution in [2.24, 2.45) is 5.41 Å². The number of piperidine rings is 1. The number of rotatable bonds is 5. The van der Waals surface area contributed by atoms with Crippen LogP contribution in [0.1, 0.15) is 37.9 Å². The number of carbonyl (C=O) groups excluding carboxylic acids is 1. The normalized spacial score (nSPS) is 19.4. The molecular weight excluding hydrogens is 548 g/mol. The first-order valence-corrected chi connectivity index (χ1v) is 13.8. The van der Waals surface area contributed by atoms with Gasteiger partial charge in [-0.3, -0.25) is 4.79 Å². The highest BCUT2D eigenvalue weighted by Gasteiger charge is 2.50. The molecular formula is C28H22F4N4OS2. The van der Waals surface area contributed by atoms with E-state index < -0.39 is 17.2 Å². The molecule has 1 fully saturated rings. The predicted molar refractivity (Wildman–Crippen MR) is 142 cm³/mol. The Bertz CT molecular complexity index is 1590. The van der Waals surface area contributed by atoms with Gasteiger partial charge in [-0.1, -0.05) is 11.6 Å². The molecule has 200 valence electrons. The van der Waals surface area contributed by atoms with Gasteiger partial charge in [0.15, 0.2) is 5.01 Å². The summed E-state index contributed by atoms with van der Waals surface area (Å²) < 4.78 is 57.1. The van der Waals surface area contributed by atoms with Crippen molar-refractivity contribution in [1.29, 1.82) is 0 Å². The Hall–Kier alpha value is -3.28. The topological polar surface area (TPSA) is 51.0 Å². The van der Waals surface area contributed by atoms with Crippen molar-refractivity contribution in [3.05, 3.63) is 99.0 Å². The molecule has 0 bridgehead atoms. The summed E-state index contributed by atoms with van der Waals surface area (Å²) in [6, 6.07) is 11.3. The van der Waals surface area contributed by atoms with E-state index in [9.17, 15) is 22.4 Å². The molecule has 2 aliphatic rings. The van der Waals surface area contributed by atoms with Crippen molar-refractivity contribution in [2.75, 3.05) is 13.1 Å². The molecule has 5 nitrogen and oxygen atoms in total. The van der Waals surface area contributed by atoms with Gasteiger partial charge in [0.25, 0.3) is 0 Å². The van der Waals surface area contributed by atoms with Gasteiger partial charge >= 0.3 is 6.18 Å². The summed E-state index contributed by atoms with van der Waals surface area (Å²) >= 11 is 2.57. The van der Waals surface area contributed by atoms with Crippen LogP contribution >= 0.6 is 23.3 Å². The highest BCUT2D eigenvalue weighted by atomic mass is 32.2. The van der Waals surface area contributed by atoms with E-state index >= 15 is 0 Å². The quantitative estimate of drug-likeness (QED) is 0.147. The van der Waals surface area contributed by atoms with E-state index in [0.29, 0.717) is 41.5 Å². The number of alkyl halides is 3. The van der Waals surface area contributed by atoms with E-state index in [4.69, 9.17) is 0 Å². The maximum atomic E-state index is 14.1. The van der Waals surface area contributed by atoms with Crippen LogP contribution in [0, 0.1) is 18.2 Å². The van der Waals surface area contributed by atoms with Crippen LogP contribution in [0.3, 0.4) is 0 Å². The van der Waals surface area contributed by atoms with Crippen LogP contribution in [0.15, 0.2) is 71.4 Å². The minimum Gasteiger partial charge on any atom is -0.290 e. The van der Waals surface area contributed by atoms with Gasteiger partial charge in [-0.15, -0.1) is 11.3 Å². The molecule has 6 rings (SSSR count). The molecule has 4 aromatic rings. The number of thiazole rings is 1. The molecule has 3 heterocycles. The zero-order chi connectivity index (χ0) is 27.4. The van der Waals surface area contributed by atoms with E-state index in [-0.39, 0.29) is 11.6 Å². The van der Waals surface area contributed by atoms with E-state index in [0.717, 1.165) is 33.8 Å². The first-order chi connectivity index (χ1) is 18.6. The van der Waals surface area contributed by atoms with Crippen molar-refractivity contribution >= 4 is 35.1 Å². The second-order valence-electron chi connectivity index (χ2n) is 9.71. The molecule has 2 aromatic heterocycles. The number of aryl methyl sites for hydroxylation is 1. The number of Topliss-reactive ketones (excluding diaryl/α,β-unsaturated/α-hetero) is 1. The van der Waals surface area contributed by atoms with E-state index in [2.05, 4.69) is 10.1 Å². The lowest BCUT2D eigenvalue weighted by Crippen LogP contribution is -2.49. The lowest BCUT2D eigenvalue weighted by molar-refractivity contribution is -0.137. The average Bonchev–Trinajstić information content (AvgIpc) is 3.52. The van der Waals surface area contributed by atoms with Gasteiger partial charge < -0.3 is 0 Å². The van der Waals surface area contributed by atoms with Crippen molar-refractivity contribution in [3.63, 3.8) is 0 Å². The molecule has 0 amide bonds. The summed E-state index contributed by atoms with van der Waals surface area (Å²) in [5, 5.41) is 4.96. The minimum absolute atomic E-state index is 0.0959. The zero-order valence-electron chi connectivity index (χ0n) is 20.7. The van der Waals surface area contributed by atoms with E-state index in [1.165, 1.54) is 41.5 Å². The maximum Gasteiger partial charge on any atom is 0.416 e. The molecule has 0 radical (unpaired) electrons. The molecule has 1 aliphatic heterocycles. The number of carbonyl (C=O) groups is 1. The van der Waals surface area contributed by atoms with Crippen LogP contribution in [-0.2, 0) is 12.6 Å². The Labute approximate surface area is 230 Å². The molecule has 1 saturated heterocycles. The number of hydrogen-bond acceptors (Lipinski definition) is 6. The third-order valence-electron chi connectivity index (χ3n) is 7.10. The Kier molecular flexibility index (Phi) is 6.47. The number of benzene rings is 2. The Morgan fingerprint density at radius 1 is 1.13 bits per heavy atom. The lowest BCUT2D eigenvalue weighted by Gasteiger charge is -2.44. The number of fused-ring (bicyclic) bond motifs is 2. The Balaban J connectivity index is 1.37. The fourth-order valence-corrected chi connectivity index (χ4v) is 7.11. The van der Waals surface area contributed by atoms with Gasteiger partial charge in [0.05, 0.1) is 28.6 Å². The fourth-order valence-electron chi connectivity index (χ4n) is 5.22. The first-order valence-electron chi connectivity index (χ1n) is 12.2. The number of ketones is 1. The Morgan fingerprint density at radius 3 is 2.64 bits per heavy atom. The van der Waals surface area contributed by atoms with Crippen LogP contribution < -0.4 is 0 Å². The summed E-state index contributed by atoms with van der Waals surface area (Å²) in [5.74, 6) is -0.437. The van der Waals surface area contributed by atoms with Crippen molar-refractivity contribution in [3.8, 4) is 5.69 Å². The fraction of sp³-hybridized carbons (Fsp3) is 0.250. The molecule has 0 spiro atoms. The number of nitrogens with zero attached hydrogens (tertiary/aromatic N) is 4. The van der Waals surface area contributed by atoms with Gasteiger partial charge in [-0.25, -0.2) is 18.4 Å². The van der Waals surface area contributed by atoms with Crippen molar-refractivity contribution < 1.29 is 22.4 Å². The smallest absolute Gasteiger partial charge is 0.290 e. The molecule has 0 N–H and O–H groups in total. The predicted octanol–water partition coefficient (Wildman–Crippen LogP) is 7.02. The highest BCUT2D eigenvalue weighted by Crippen LogP contribution is 2.48. The summed E-state index contributed by atoms with van der Waals surface area (Å²) in [6.07, 6.45) is 1.91. The third-order valence-corrected chi connectivity index (χ3v) is 9.04. The van der Waals surface area contributed by atoms with Crippen LogP contribution in [0.2, 0.25) is 0 Å². The van der Waals surface area contributed by atoms with E-state index in [1.54, 1.807) is 35.3 Å². The summed E-state index contributed by atoms with van der Waals surface area (Å²) in [4.78, 5) is 19.9. The van der Waals surface area contributed by atoms with Crippen LogP contribution in [0.25, 0.3) is 11.8 Å². The van der Waals surface area contributed by atoms with Gasteiger partial charge in [0, 0.05) is 29.1 Å². The summed E-state index contributed by atoms with van der Waals surface area (Å²) in [5.41, 5.74) is 1.73. The molecule has 1 aliphatic carbocycles. The van der Waals surface area contributed by atoms with Crippen molar-refractivity contribution in [2.45, 2.75) is 30.8 Å². The largest absolute Gasteiger partial charge is 0.416 e.